The van der Waals surface area contributed by atoms with Gasteiger partial charge in [0.25, 0.3) is 0 Å². The minimum absolute atomic E-state index is 0.000440. The monoisotopic (exact) mass is 354 g/mol. The van der Waals surface area contributed by atoms with Crippen LogP contribution in [-0.2, 0) is 20.7 Å². The van der Waals surface area contributed by atoms with Crippen LogP contribution in [0.2, 0.25) is 0 Å². The first-order valence-corrected chi connectivity index (χ1v) is 7.82. The van der Waals surface area contributed by atoms with E-state index in [9.17, 15) is 9.59 Å². The summed E-state index contributed by atoms with van der Waals surface area (Å²) in [5.41, 5.74) is 0.904. The van der Waals surface area contributed by atoms with Crippen molar-refractivity contribution in [2.75, 3.05) is 19.7 Å². The maximum atomic E-state index is 11.8. The molecule has 1 atom stereocenters. The lowest BCUT2D eigenvalue weighted by molar-refractivity contribution is -0.126. The van der Waals surface area contributed by atoms with Gasteiger partial charge in [-0.15, -0.1) is 0 Å². The Morgan fingerprint density at radius 1 is 1.29 bits per heavy atom. The molecule has 1 aromatic rings. The molecule has 1 aromatic carbocycles. The van der Waals surface area contributed by atoms with Crippen molar-refractivity contribution in [2.24, 2.45) is 0 Å². The summed E-state index contributed by atoms with van der Waals surface area (Å²) in [6.07, 6.45) is 2.41. The third kappa shape index (κ3) is 5.85. The molecule has 114 valence electrons. The summed E-state index contributed by atoms with van der Waals surface area (Å²) in [7, 11) is 0. The Kier molecular flexibility index (Phi) is 6.20. The first kappa shape index (κ1) is 16.0. The number of carbonyl (C=O) groups is 2. The van der Waals surface area contributed by atoms with Crippen LogP contribution < -0.4 is 10.6 Å². The molecule has 5 nitrogen and oxygen atoms in total. The highest BCUT2D eigenvalue weighted by Crippen LogP contribution is 2.12. The first-order valence-electron chi connectivity index (χ1n) is 7.03. The van der Waals surface area contributed by atoms with Gasteiger partial charge in [-0.3, -0.25) is 9.59 Å². The molecule has 1 aliphatic rings. The zero-order chi connectivity index (χ0) is 15.1. The van der Waals surface area contributed by atoms with Gasteiger partial charge < -0.3 is 15.4 Å². The normalized spacial score (nSPS) is 17.5. The quantitative estimate of drug-likeness (QED) is 0.811. The van der Waals surface area contributed by atoms with Gasteiger partial charge in [0.1, 0.15) is 0 Å². The van der Waals surface area contributed by atoms with E-state index in [1.807, 2.05) is 24.3 Å². The number of hydrogen-bond acceptors (Lipinski definition) is 3. The molecule has 0 radical (unpaired) electrons. The summed E-state index contributed by atoms with van der Waals surface area (Å²) in [6, 6.07) is 7.54. The maximum absolute atomic E-state index is 11.8. The number of halogens is 1. The number of ether oxygens (including phenoxy) is 1. The summed E-state index contributed by atoms with van der Waals surface area (Å²) >= 11 is 3.36. The highest BCUT2D eigenvalue weighted by atomic mass is 79.9. The van der Waals surface area contributed by atoms with Crippen LogP contribution in [0.15, 0.2) is 28.7 Å². The average Bonchev–Trinajstić information content (AvgIpc) is 2.96. The molecular formula is C15H19BrN2O3. The Morgan fingerprint density at radius 2 is 2.14 bits per heavy atom. The lowest BCUT2D eigenvalue weighted by Crippen LogP contribution is -2.40. The number of amides is 2. The predicted molar refractivity (Wildman–Crippen MR) is 82.8 cm³/mol. The van der Waals surface area contributed by atoms with Crippen LogP contribution in [0.5, 0.6) is 0 Å². The van der Waals surface area contributed by atoms with Crippen LogP contribution in [0.1, 0.15) is 18.4 Å². The second-order valence-electron chi connectivity index (χ2n) is 5.02. The summed E-state index contributed by atoms with van der Waals surface area (Å²) in [5.74, 6) is -0.353. The number of carbonyl (C=O) groups excluding carboxylic acids is 2. The molecule has 0 bridgehead atoms. The van der Waals surface area contributed by atoms with E-state index in [0.717, 1.165) is 29.5 Å². The van der Waals surface area contributed by atoms with Crippen LogP contribution >= 0.6 is 15.9 Å². The van der Waals surface area contributed by atoms with Gasteiger partial charge in [0.05, 0.1) is 19.1 Å². The third-order valence-corrected chi connectivity index (χ3v) is 3.74. The van der Waals surface area contributed by atoms with Gasteiger partial charge >= 0.3 is 0 Å². The van der Waals surface area contributed by atoms with Crippen molar-refractivity contribution in [2.45, 2.75) is 25.4 Å². The molecule has 2 N–H and O–H groups in total. The number of rotatable bonds is 6. The highest BCUT2D eigenvalue weighted by molar-refractivity contribution is 9.10. The molecule has 0 spiro atoms. The molecule has 1 aliphatic heterocycles. The van der Waals surface area contributed by atoms with Crippen LogP contribution in [0.25, 0.3) is 0 Å². The molecule has 1 saturated heterocycles. The van der Waals surface area contributed by atoms with Gasteiger partial charge in [-0.2, -0.15) is 0 Å². The van der Waals surface area contributed by atoms with E-state index in [-0.39, 0.29) is 30.9 Å². The molecule has 0 saturated carbocycles. The first-order chi connectivity index (χ1) is 10.1. The van der Waals surface area contributed by atoms with E-state index in [0.29, 0.717) is 6.54 Å². The molecule has 6 heteroatoms. The topological polar surface area (TPSA) is 67.4 Å². The summed E-state index contributed by atoms with van der Waals surface area (Å²) in [5, 5.41) is 5.39. The van der Waals surface area contributed by atoms with Crippen LogP contribution in [0.3, 0.4) is 0 Å². The number of nitrogens with one attached hydrogen (secondary N) is 2. The fourth-order valence-corrected chi connectivity index (χ4v) is 2.62. The summed E-state index contributed by atoms with van der Waals surface area (Å²) in [6.45, 7) is 1.28. The Hall–Kier alpha value is -1.40. The summed E-state index contributed by atoms with van der Waals surface area (Å²) < 4.78 is 6.35. The van der Waals surface area contributed by atoms with Crippen LogP contribution in [0, 0.1) is 0 Å². The van der Waals surface area contributed by atoms with Crippen molar-refractivity contribution < 1.29 is 14.3 Å². The molecular weight excluding hydrogens is 336 g/mol. The van der Waals surface area contributed by atoms with Gasteiger partial charge in [-0.05, 0) is 30.5 Å². The Balaban J connectivity index is 1.64. The lowest BCUT2D eigenvalue weighted by atomic mass is 10.1. The van der Waals surface area contributed by atoms with Gasteiger partial charge in [0.15, 0.2) is 0 Å². The highest BCUT2D eigenvalue weighted by Gasteiger charge is 2.16. The van der Waals surface area contributed by atoms with Gasteiger partial charge in [0, 0.05) is 17.6 Å². The second kappa shape index (κ2) is 8.14. The fraction of sp³-hybridized carbons (Fsp3) is 0.467. The van der Waals surface area contributed by atoms with E-state index >= 15 is 0 Å². The van der Waals surface area contributed by atoms with Crippen molar-refractivity contribution in [1.82, 2.24) is 10.6 Å². The van der Waals surface area contributed by atoms with Crippen LogP contribution in [0.4, 0.5) is 0 Å². The molecule has 2 amide bonds. The Morgan fingerprint density at radius 3 is 2.86 bits per heavy atom. The summed E-state index contributed by atoms with van der Waals surface area (Å²) in [4.78, 5) is 23.4. The predicted octanol–water partition coefficient (Wildman–Crippen LogP) is 1.40. The smallest absolute Gasteiger partial charge is 0.239 e. The molecule has 0 aromatic heterocycles. The van der Waals surface area contributed by atoms with Crippen LogP contribution in [-0.4, -0.2) is 37.6 Å². The minimum atomic E-state index is -0.187. The average molecular weight is 355 g/mol. The second-order valence-corrected chi connectivity index (χ2v) is 5.94. The van der Waals surface area contributed by atoms with E-state index < -0.39 is 0 Å². The number of hydrogen-bond donors (Lipinski definition) is 2. The van der Waals surface area contributed by atoms with Crippen molar-refractivity contribution in [3.8, 4) is 0 Å². The third-order valence-electron chi connectivity index (χ3n) is 3.25. The molecule has 0 aliphatic carbocycles. The van der Waals surface area contributed by atoms with Crippen molar-refractivity contribution in [3.05, 3.63) is 34.3 Å². The van der Waals surface area contributed by atoms with Crippen molar-refractivity contribution in [3.63, 3.8) is 0 Å². The van der Waals surface area contributed by atoms with Gasteiger partial charge in [-0.25, -0.2) is 0 Å². The Bertz CT molecular complexity index is 501. The zero-order valence-electron chi connectivity index (χ0n) is 11.7. The molecule has 2 rings (SSSR count). The maximum Gasteiger partial charge on any atom is 0.239 e. The Labute approximate surface area is 132 Å². The molecule has 1 heterocycles. The van der Waals surface area contributed by atoms with Crippen molar-refractivity contribution in [1.29, 1.82) is 0 Å². The van der Waals surface area contributed by atoms with Gasteiger partial charge in [0.2, 0.25) is 11.8 Å². The van der Waals surface area contributed by atoms with E-state index in [4.69, 9.17) is 4.74 Å². The molecule has 1 fully saturated rings. The lowest BCUT2D eigenvalue weighted by Gasteiger charge is -2.11. The fourth-order valence-electron chi connectivity index (χ4n) is 2.17. The number of benzene rings is 1. The van der Waals surface area contributed by atoms with Crippen molar-refractivity contribution >= 4 is 27.7 Å². The van der Waals surface area contributed by atoms with E-state index in [2.05, 4.69) is 26.6 Å². The van der Waals surface area contributed by atoms with E-state index in [1.165, 1.54) is 0 Å². The standard InChI is InChI=1S/C15H19BrN2O3/c16-12-4-1-3-11(7-12)8-14(19)18-10-15(20)17-9-13-5-2-6-21-13/h1,3-4,7,13H,2,5-6,8-10H2,(H,17,20)(H,18,19). The molecule has 1 unspecified atom stereocenters. The zero-order valence-corrected chi connectivity index (χ0v) is 13.3. The molecule has 21 heavy (non-hydrogen) atoms. The SMILES string of the molecule is O=C(CNC(=O)Cc1cccc(Br)c1)NCC1CCCO1. The van der Waals surface area contributed by atoms with E-state index in [1.54, 1.807) is 0 Å². The minimum Gasteiger partial charge on any atom is -0.376 e. The largest absolute Gasteiger partial charge is 0.376 e. The van der Waals surface area contributed by atoms with Gasteiger partial charge in [-0.1, -0.05) is 28.1 Å².